The molecule has 0 radical (unpaired) electrons. The fourth-order valence-corrected chi connectivity index (χ4v) is 7.18. The summed E-state index contributed by atoms with van der Waals surface area (Å²) in [5.74, 6) is -1.89. The molecule has 2 amide bonds. The number of hydrogen-bond acceptors (Lipinski definition) is 10. The van der Waals surface area contributed by atoms with Crippen LogP contribution < -0.4 is 15.4 Å². The van der Waals surface area contributed by atoms with Gasteiger partial charge >= 0.3 is 11.9 Å². The minimum Gasteiger partial charge on any atom is -0.481 e. The van der Waals surface area contributed by atoms with Gasteiger partial charge in [-0.1, -0.05) is 12.1 Å². The number of carbonyl (C=O) groups excluding carboxylic acids is 4. The highest BCUT2D eigenvalue weighted by Crippen LogP contribution is 2.64. The molecule has 0 saturated carbocycles. The molecule has 1 aromatic rings. The van der Waals surface area contributed by atoms with Crippen LogP contribution in [0.5, 0.6) is 5.75 Å². The molecule has 1 spiro atoms. The van der Waals surface area contributed by atoms with Gasteiger partial charge < -0.3 is 40.0 Å². The van der Waals surface area contributed by atoms with Crippen LogP contribution in [0.1, 0.15) is 63.6 Å². The van der Waals surface area contributed by atoms with E-state index in [9.17, 15) is 29.4 Å². The van der Waals surface area contributed by atoms with Crippen LogP contribution in [0.3, 0.4) is 0 Å². The molecule has 1 fully saturated rings. The molecule has 4 N–H and O–H groups in total. The van der Waals surface area contributed by atoms with E-state index in [4.69, 9.17) is 14.2 Å². The lowest BCUT2D eigenvalue weighted by Crippen LogP contribution is -2.69. The lowest BCUT2D eigenvalue weighted by Gasteiger charge is -2.56. The van der Waals surface area contributed by atoms with E-state index in [2.05, 4.69) is 15.5 Å². The summed E-state index contributed by atoms with van der Waals surface area (Å²) >= 11 is 0. The summed E-state index contributed by atoms with van der Waals surface area (Å²) in [6.07, 6.45) is 1.81. The van der Waals surface area contributed by atoms with E-state index in [1.807, 2.05) is 19.2 Å². The highest BCUT2D eigenvalue weighted by atomic mass is 16.6. The molecule has 1 saturated heterocycles. The molecule has 5 rings (SSSR count). The number of rotatable bonds is 8. The zero-order valence-electron chi connectivity index (χ0n) is 24.6. The number of benzene rings is 1. The number of ether oxygens (including phenoxy) is 3. The first kappa shape index (κ1) is 30.0. The maximum absolute atomic E-state index is 13.2. The third-order valence-corrected chi connectivity index (χ3v) is 9.22. The van der Waals surface area contributed by atoms with Gasteiger partial charge in [0.2, 0.25) is 11.8 Å². The van der Waals surface area contributed by atoms with Gasteiger partial charge in [0, 0.05) is 30.5 Å². The average molecular weight is 586 g/mol. The first-order valence-corrected chi connectivity index (χ1v) is 14.4. The standard InChI is InChI=1S/C30H39N3O9/c1-15(31-18(4)35)26(36)32-16(2)27(37)40-17(3)28(38)41-21-9-11-30(39)22-13-19-7-8-20(14-34)24-23(19)29(30,25(21)42-24)10-6-12-33(22)5/h7-9,15-17,22,25,34,39H,6,10-14H2,1-5H3,(H,31,35)(H,32,36)/t15-,16-,17-,22+,25-,29-,30+/m0/s1. The van der Waals surface area contributed by atoms with Gasteiger partial charge in [0.25, 0.3) is 0 Å². The van der Waals surface area contributed by atoms with Crippen molar-refractivity contribution >= 4 is 23.8 Å². The molecule has 7 atom stereocenters. The summed E-state index contributed by atoms with van der Waals surface area (Å²) in [6, 6.07) is 1.71. The van der Waals surface area contributed by atoms with Gasteiger partial charge in [0.05, 0.1) is 17.6 Å². The van der Waals surface area contributed by atoms with E-state index in [0.717, 1.165) is 24.1 Å². The minimum atomic E-state index is -1.31. The molecule has 1 aromatic carbocycles. The lowest BCUT2D eigenvalue weighted by atomic mass is 9.52. The Hall–Kier alpha value is -3.48. The Labute approximate surface area is 244 Å². The van der Waals surface area contributed by atoms with Crippen LogP contribution in [0.25, 0.3) is 0 Å². The third kappa shape index (κ3) is 4.65. The van der Waals surface area contributed by atoms with Crippen molar-refractivity contribution in [1.29, 1.82) is 0 Å². The molecule has 228 valence electrons. The largest absolute Gasteiger partial charge is 0.481 e. The molecule has 2 aliphatic carbocycles. The lowest BCUT2D eigenvalue weighted by molar-refractivity contribution is -0.169. The fourth-order valence-electron chi connectivity index (χ4n) is 7.18. The molecule has 0 unspecified atom stereocenters. The highest BCUT2D eigenvalue weighted by molar-refractivity contribution is 5.90. The summed E-state index contributed by atoms with van der Waals surface area (Å²) in [5.41, 5.74) is 0.460. The van der Waals surface area contributed by atoms with Crippen LogP contribution in [0.4, 0.5) is 0 Å². The second-order valence-electron chi connectivity index (χ2n) is 11.9. The number of amides is 2. The topological polar surface area (TPSA) is 164 Å². The molecular weight excluding hydrogens is 546 g/mol. The van der Waals surface area contributed by atoms with Crippen molar-refractivity contribution < 1.29 is 43.6 Å². The highest BCUT2D eigenvalue weighted by Gasteiger charge is 2.70. The van der Waals surface area contributed by atoms with Crippen molar-refractivity contribution in [3.8, 4) is 5.75 Å². The van der Waals surface area contributed by atoms with Gasteiger partial charge in [-0.15, -0.1) is 0 Å². The van der Waals surface area contributed by atoms with Gasteiger partial charge in [0.15, 0.2) is 12.2 Å². The molecular formula is C30H39N3O9. The quantitative estimate of drug-likeness (QED) is 0.313. The third-order valence-electron chi connectivity index (χ3n) is 9.22. The summed E-state index contributed by atoms with van der Waals surface area (Å²) in [5, 5.41) is 27.4. The molecule has 2 aliphatic heterocycles. The normalized spacial score (nSPS) is 29.5. The number of hydrogen-bond donors (Lipinski definition) is 4. The maximum atomic E-state index is 13.2. The predicted octanol–water partition coefficient (Wildman–Crippen LogP) is 0.351. The summed E-state index contributed by atoms with van der Waals surface area (Å²) < 4.78 is 17.6. The SMILES string of the molecule is CC(=O)N[C@@H](C)C(=O)N[C@@H](C)C(=O)O[C@@H](C)C(=O)OC1=CC[C@@]2(O)[C@H]3Cc4ccc(CO)c5c4[C@@]2(CCCN3C)[C@H]1O5. The Morgan fingerprint density at radius 3 is 2.57 bits per heavy atom. The van der Waals surface area contributed by atoms with Crippen molar-refractivity contribution in [2.75, 3.05) is 13.6 Å². The number of likely N-dealkylation sites (tertiary alicyclic amines) is 1. The van der Waals surface area contributed by atoms with E-state index in [0.29, 0.717) is 24.2 Å². The number of esters is 2. The molecule has 0 aromatic heterocycles. The zero-order chi connectivity index (χ0) is 30.6. The number of likely N-dealkylation sites (N-methyl/N-ethyl adjacent to an activating group) is 1. The number of nitrogens with one attached hydrogen (secondary N) is 2. The molecule has 12 nitrogen and oxygen atoms in total. The van der Waals surface area contributed by atoms with Gasteiger partial charge in [-0.3, -0.25) is 9.59 Å². The van der Waals surface area contributed by atoms with E-state index in [-0.39, 0.29) is 24.8 Å². The molecule has 4 aliphatic rings. The number of nitrogens with zero attached hydrogens (tertiary/aromatic N) is 1. The van der Waals surface area contributed by atoms with E-state index in [1.165, 1.54) is 27.7 Å². The van der Waals surface area contributed by atoms with Crippen LogP contribution in [0, 0.1) is 0 Å². The van der Waals surface area contributed by atoms with Crippen LogP contribution in [-0.2, 0) is 47.1 Å². The summed E-state index contributed by atoms with van der Waals surface area (Å²) in [6.45, 7) is 6.08. The average Bonchev–Trinajstić information content (AvgIpc) is 3.27. The number of carbonyl (C=O) groups is 4. The minimum absolute atomic E-state index is 0.178. The Morgan fingerprint density at radius 2 is 1.88 bits per heavy atom. The van der Waals surface area contributed by atoms with Gasteiger partial charge in [-0.05, 0) is 65.3 Å². The van der Waals surface area contributed by atoms with Crippen molar-refractivity contribution in [3.05, 3.63) is 40.7 Å². The summed E-state index contributed by atoms with van der Waals surface area (Å²) in [7, 11) is 2.01. The van der Waals surface area contributed by atoms with Gasteiger partial charge in [-0.25, -0.2) is 9.59 Å². The van der Waals surface area contributed by atoms with Crippen LogP contribution in [-0.4, -0.2) is 88.4 Å². The first-order chi connectivity index (χ1) is 19.8. The van der Waals surface area contributed by atoms with Crippen molar-refractivity contribution in [3.63, 3.8) is 0 Å². The van der Waals surface area contributed by atoms with Gasteiger partial charge in [0.1, 0.15) is 23.6 Å². The fraction of sp³-hybridized carbons (Fsp3) is 0.600. The number of aliphatic hydroxyl groups excluding tert-OH is 1. The molecule has 2 heterocycles. The summed E-state index contributed by atoms with van der Waals surface area (Å²) in [4.78, 5) is 51.5. The Bertz CT molecular complexity index is 1350. The smallest absolute Gasteiger partial charge is 0.352 e. The maximum Gasteiger partial charge on any atom is 0.352 e. The molecule has 42 heavy (non-hydrogen) atoms. The zero-order valence-corrected chi connectivity index (χ0v) is 24.6. The Kier molecular flexibility index (Phi) is 7.84. The van der Waals surface area contributed by atoms with Gasteiger partial charge in [-0.2, -0.15) is 0 Å². The van der Waals surface area contributed by atoms with Crippen LogP contribution >= 0.6 is 0 Å². The monoisotopic (exact) mass is 585 g/mol. The predicted molar refractivity (Wildman–Crippen MR) is 148 cm³/mol. The van der Waals surface area contributed by atoms with Crippen molar-refractivity contribution in [1.82, 2.24) is 15.5 Å². The van der Waals surface area contributed by atoms with Crippen LogP contribution in [0.15, 0.2) is 24.0 Å². The first-order valence-electron chi connectivity index (χ1n) is 14.4. The molecule has 2 bridgehead atoms. The molecule has 12 heteroatoms. The second-order valence-corrected chi connectivity index (χ2v) is 11.9. The van der Waals surface area contributed by atoms with E-state index < -0.39 is 59.1 Å². The second kappa shape index (κ2) is 11.0. The Morgan fingerprint density at radius 1 is 1.14 bits per heavy atom. The Balaban J connectivity index is 1.35. The van der Waals surface area contributed by atoms with Crippen molar-refractivity contribution in [2.24, 2.45) is 0 Å². The van der Waals surface area contributed by atoms with Crippen molar-refractivity contribution in [2.45, 2.75) is 101 Å². The van der Waals surface area contributed by atoms with E-state index in [1.54, 1.807) is 6.08 Å². The van der Waals surface area contributed by atoms with Crippen LogP contribution in [0.2, 0.25) is 0 Å². The number of aliphatic hydroxyl groups is 2. The van der Waals surface area contributed by atoms with E-state index >= 15 is 0 Å².